The largest absolute Gasteiger partial charge is 0.482 e. The van der Waals surface area contributed by atoms with Crippen molar-refractivity contribution in [3.8, 4) is 5.75 Å². The highest BCUT2D eigenvalue weighted by Gasteiger charge is 2.11. The number of benzene rings is 1. The summed E-state index contributed by atoms with van der Waals surface area (Å²) in [6, 6.07) is 3.19. The van der Waals surface area contributed by atoms with E-state index >= 15 is 0 Å². The van der Waals surface area contributed by atoms with E-state index in [1.54, 1.807) is 16.8 Å². The van der Waals surface area contributed by atoms with Crippen LogP contribution in [-0.4, -0.2) is 14.8 Å². The Hall–Kier alpha value is -1.46. The molecule has 1 aromatic heterocycles. The minimum atomic E-state index is 0.253. The maximum absolute atomic E-state index is 6.04. The number of aryl methyl sites for hydroxylation is 1. The molecule has 1 aromatic carbocycles. The Bertz CT molecular complexity index is 548. The van der Waals surface area contributed by atoms with Gasteiger partial charge in [-0.1, -0.05) is 30.1 Å². The van der Waals surface area contributed by atoms with E-state index in [1.165, 1.54) is 6.33 Å². The lowest BCUT2D eigenvalue weighted by Crippen LogP contribution is -2.08. The summed E-state index contributed by atoms with van der Waals surface area (Å²) in [7, 11) is 0. The second kappa shape index (κ2) is 6.12. The molecule has 0 spiro atoms. The third-order valence-corrected chi connectivity index (χ3v) is 3.06. The number of nitrogens with two attached hydrogens (primary N) is 1. The smallest absolute Gasteiger partial charge is 0.164 e. The Morgan fingerprint density at radius 1 is 1.32 bits per heavy atom. The van der Waals surface area contributed by atoms with Crippen LogP contribution in [0.25, 0.3) is 0 Å². The number of hydrogen-bond donors (Lipinski definition) is 1. The molecule has 0 atom stereocenters. The van der Waals surface area contributed by atoms with Crippen LogP contribution in [0.15, 0.2) is 18.5 Å². The van der Waals surface area contributed by atoms with Gasteiger partial charge in [0.2, 0.25) is 0 Å². The van der Waals surface area contributed by atoms with Crippen molar-refractivity contribution in [1.29, 1.82) is 0 Å². The van der Waals surface area contributed by atoms with E-state index in [0.29, 0.717) is 21.5 Å². The van der Waals surface area contributed by atoms with Gasteiger partial charge in [0.25, 0.3) is 0 Å². The molecule has 0 saturated heterocycles. The molecule has 2 rings (SSSR count). The molecule has 0 radical (unpaired) electrons. The standard InChI is InChI=1S/C12H14Cl2N4O/c1-2-3-18-11(16-7-17-18)6-19-12-9(13)4-8(15)5-10(12)14/h4-5,7H,2-3,6,15H2,1H3. The Kier molecular flexibility index (Phi) is 4.50. The number of anilines is 1. The van der Waals surface area contributed by atoms with Crippen molar-refractivity contribution in [2.24, 2.45) is 0 Å². The first kappa shape index (κ1) is 14.0. The van der Waals surface area contributed by atoms with Crippen LogP contribution < -0.4 is 10.5 Å². The van der Waals surface area contributed by atoms with E-state index in [1.807, 2.05) is 0 Å². The summed E-state index contributed by atoms with van der Waals surface area (Å²) < 4.78 is 7.40. The summed E-state index contributed by atoms with van der Waals surface area (Å²) >= 11 is 12.1. The van der Waals surface area contributed by atoms with Gasteiger partial charge in [0.05, 0.1) is 10.0 Å². The number of ether oxygens (including phenoxy) is 1. The van der Waals surface area contributed by atoms with Gasteiger partial charge >= 0.3 is 0 Å². The zero-order chi connectivity index (χ0) is 13.8. The maximum atomic E-state index is 6.04. The lowest BCUT2D eigenvalue weighted by molar-refractivity contribution is 0.286. The van der Waals surface area contributed by atoms with Crippen LogP contribution in [-0.2, 0) is 13.2 Å². The maximum Gasteiger partial charge on any atom is 0.164 e. The predicted molar refractivity (Wildman–Crippen MR) is 75.5 cm³/mol. The Morgan fingerprint density at radius 3 is 2.63 bits per heavy atom. The van der Waals surface area contributed by atoms with Gasteiger partial charge in [-0.15, -0.1) is 0 Å². The molecule has 0 aliphatic heterocycles. The van der Waals surface area contributed by atoms with Gasteiger partial charge in [-0.05, 0) is 18.6 Å². The third kappa shape index (κ3) is 3.30. The lowest BCUT2D eigenvalue weighted by atomic mass is 10.3. The van der Waals surface area contributed by atoms with Crippen LogP contribution >= 0.6 is 23.2 Å². The molecular weight excluding hydrogens is 287 g/mol. The normalized spacial score (nSPS) is 10.7. The third-order valence-electron chi connectivity index (χ3n) is 2.50. The van der Waals surface area contributed by atoms with E-state index in [9.17, 15) is 0 Å². The van der Waals surface area contributed by atoms with E-state index in [2.05, 4.69) is 17.0 Å². The van der Waals surface area contributed by atoms with Crippen molar-refractivity contribution < 1.29 is 4.74 Å². The average Bonchev–Trinajstić information content (AvgIpc) is 2.76. The van der Waals surface area contributed by atoms with Crippen LogP contribution in [0, 0.1) is 0 Å². The van der Waals surface area contributed by atoms with Crippen molar-refractivity contribution in [1.82, 2.24) is 14.8 Å². The van der Waals surface area contributed by atoms with Crippen LogP contribution in [0.4, 0.5) is 5.69 Å². The van der Waals surface area contributed by atoms with E-state index in [0.717, 1.165) is 18.8 Å². The molecule has 2 aromatic rings. The van der Waals surface area contributed by atoms with E-state index in [-0.39, 0.29) is 6.61 Å². The van der Waals surface area contributed by atoms with E-state index in [4.69, 9.17) is 33.7 Å². The van der Waals surface area contributed by atoms with Crippen LogP contribution in [0.1, 0.15) is 19.2 Å². The number of hydrogen-bond acceptors (Lipinski definition) is 4. The topological polar surface area (TPSA) is 66.0 Å². The minimum Gasteiger partial charge on any atom is -0.482 e. The van der Waals surface area contributed by atoms with Crippen LogP contribution in [0.3, 0.4) is 0 Å². The first-order valence-corrected chi connectivity index (χ1v) is 6.61. The quantitative estimate of drug-likeness (QED) is 0.861. The van der Waals surface area contributed by atoms with Crippen molar-refractivity contribution in [3.63, 3.8) is 0 Å². The average molecular weight is 301 g/mol. The van der Waals surface area contributed by atoms with Gasteiger partial charge in [-0.2, -0.15) is 5.10 Å². The van der Waals surface area contributed by atoms with Crippen molar-refractivity contribution in [2.45, 2.75) is 26.5 Å². The first-order chi connectivity index (χ1) is 9.11. The van der Waals surface area contributed by atoms with E-state index < -0.39 is 0 Å². The fourth-order valence-electron chi connectivity index (χ4n) is 1.65. The summed E-state index contributed by atoms with van der Waals surface area (Å²) in [4.78, 5) is 4.14. The Morgan fingerprint density at radius 2 is 2.00 bits per heavy atom. The Labute approximate surface area is 121 Å². The fourth-order valence-corrected chi connectivity index (χ4v) is 2.27. The second-order valence-electron chi connectivity index (χ2n) is 4.00. The van der Waals surface area contributed by atoms with Crippen molar-refractivity contribution in [3.05, 3.63) is 34.3 Å². The zero-order valence-electron chi connectivity index (χ0n) is 10.4. The number of halogens is 2. The molecule has 0 aliphatic carbocycles. The summed E-state index contributed by atoms with van der Waals surface area (Å²) in [6.07, 6.45) is 2.47. The molecular formula is C12H14Cl2N4O. The molecule has 0 saturated carbocycles. The molecule has 5 nitrogen and oxygen atoms in total. The predicted octanol–water partition coefficient (Wildman–Crippen LogP) is 3.16. The second-order valence-corrected chi connectivity index (χ2v) is 4.82. The molecule has 102 valence electrons. The molecule has 0 amide bonds. The van der Waals surface area contributed by atoms with Crippen molar-refractivity contribution >= 4 is 28.9 Å². The van der Waals surface area contributed by atoms with Gasteiger partial charge in [0, 0.05) is 12.2 Å². The molecule has 0 unspecified atom stereocenters. The summed E-state index contributed by atoms with van der Waals surface area (Å²) in [5, 5.41) is 4.88. The number of nitrogens with zero attached hydrogens (tertiary/aromatic N) is 3. The molecule has 19 heavy (non-hydrogen) atoms. The van der Waals surface area contributed by atoms with Gasteiger partial charge in [-0.25, -0.2) is 9.67 Å². The molecule has 2 N–H and O–H groups in total. The molecule has 1 heterocycles. The summed E-state index contributed by atoms with van der Waals surface area (Å²) in [5.41, 5.74) is 6.13. The first-order valence-electron chi connectivity index (χ1n) is 5.85. The minimum absolute atomic E-state index is 0.253. The Balaban J connectivity index is 2.12. The highest BCUT2D eigenvalue weighted by atomic mass is 35.5. The molecule has 7 heteroatoms. The summed E-state index contributed by atoms with van der Waals surface area (Å²) in [6.45, 7) is 3.12. The van der Waals surface area contributed by atoms with Crippen molar-refractivity contribution in [2.75, 3.05) is 5.73 Å². The number of nitrogen functional groups attached to an aromatic ring is 1. The lowest BCUT2D eigenvalue weighted by Gasteiger charge is -2.11. The number of aromatic nitrogens is 3. The molecule has 0 fully saturated rings. The van der Waals surface area contributed by atoms with Crippen LogP contribution in [0.5, 0.6) is 5.75 Å². The SMILES string of the molecule is CCCn1ncnc1COc1c(Cl)cc(N)cc1Cl. The summed E-state index contributed by atoms with van der Waals surface area (Å²) in [5.74, 6) is 1.13. The highest BCUT2D eigenvalue weighted by Crippen LogP contribution is 2.35. The van der Waals surface area contributed by atoms with Crippen LogP contribution in [0.2, 0.25) is 10.0 Å². The zero-order valence-corrected chi connectivity index (χ0v) is 11.9. The monoisotopic (exact) mass is 300 g/mol. The van der Waals surface area contributed by atoms with Gasteiger partial charge < -0.3 is 10.5 Å². The molecule has 0 aliphatic rings. The number of rotatable bonds is 5. The fraction of sp³-hybridized carbons (Fsp3) is 0.333. The molecule has 0 bridgehead atoms. The van der Waals surface area contributed by atoms with Gasteiger partial charge in [-0.3, -0.25) is 0 Å². The van der Waals surface area contributed by atoms with Gasteiger partial charge in [0.15, 0.2) is 11.6 Å². The highest BCUT2D eigenvalue weighted by molar-refractivity contribution is 6.37. The van der Waals surface area contributed by atoms with Gasteiger partial charge in [0.1, 0.15) is 12.9 Å².